The van der Waals surface area contributed by atoms with Crippen molar-refractivity contribution in [1.82, 2.24) is 0 Å². The normalized spacial score (nSPS) is 13.3. The zero-order chi connectivity index (χ0) is 15.3. The van der Waals surface area contributed by atoms with E-state index >= 15 is 0 Å². The average molecular weight is 343 g/mol. The number of benzene rings is 1. The minimum absolute atomic E-state index is 0. The van der Waals surface area contributed by atoms with Gasteiger partial charge in [-0.05, 0) is 24.1 Å². The van der Waals surface area contributed by atoms with Crippen LogP contribution in [0.4, 0.5) is 14.5 Å². The Kier molecular flexibility index (Phi) is 8.54. The van der Waals surface area contributed by atoms with Crippen LogP contribution in [0.5, 0.6) is 5.75 Å². The molecule has 0 aromatic heterocycles. The first-order chi connectivity index (χ1) is 9.35. The summed E-state index contributed by atoms with van der Waals surface area (Å²) in [5.74, 6) is -0.462. The Morgan fingerprint density at radius 2 is 2.10 bits per heavy atom. The summed E-state index contributed by atoms with van der Waals surface area (Å²) in [6, 6.07) is 3.38. The third-order valence-corrected chi connectivity index (χ3v) is 3.27. The molecule has 21 heavy (non-hydrogen) atoms. The zero-order valence-corrected chi connectivity index (χ0v) is 13.2. The summed E-state index contributed by atoms with van der Waals surface area (Å²) < 4.78 is 28.4. The lowest BCUT2D eigenvalue weighted by molar-refractivity contribution is -0.118. The fraction of sp³-hybridized carbons (Fsp3) is 0.462. The van der Waals surface area contributed by atoms with Crippen LogP contribution < -0.4 is 15.8 Å². The van der Waals surface area contributed by atoms with Gasteiger partial charge in [-0.25, -0.2) is 0 Å². The molecule has 1 aromatic rings. The van der Waals surface area contributed by atoms with Crippen LogP contribution in [0.3, 0.4) is 0 Å². The standard InChI is InChI=1S/C13H17ClF2N2O2.ClH/c1-3-7(2)11(17)12(19)18-8-4-5-10(9(14)6-8)20-13(15)16;/h4-7,11,13H,3,17H2,1-2H3,(H,18,19);1H. The zero-order valence-electron chi connectivity index (χ0n) is 11.6. The number of carbonyl (C=O) groups excluding carboxylic acids is 1. The Hall–Kier alpha value is -1.11. The summed E-state index contributed by atoms with van der Waals surface area (Å²) in [5, 5.41) is 2.57. The maximum absolute atomic E-state index is 12.1. The lowest BCUT2D eigenvalue weighted by atomic mass is 9.99. The molecule has 4 nitrogen and oxygen atoms in total. The van der Waals surface area contributed by atoms with Gasteiger partial charge in [0.25, 0.3) is 0 Å². The van der Waals surface area contributed by atoms with E-state index in [0.29, 0.717) is 5.69 Å². The van der Waals surface area contributed by atoms with Crippen molar-refractivity contribution in [3.8, 4) is 5.75 Å². The van der Waals surface area contributed by atoms with Gasteiger partial charge in [0, 0.05) is 5.69 Å². The summed E-state index contributed by atoms with van der Waals surface area (Å²) in [6.07, 6.45) is 0.774. The number of carbonyl (C=O) groups is 1. The minimum atomic E-state index is -2.95. The highest BCUT2D eigenvalue weighted by Gasteiger charge is 2.19. The van der Waals surface area contributed by atoms with Gasteiger partial charge in [-0.1, -0.05) is 31.9 Å². The van der Waals surface area contributed by atoms with Gasteiger partial charge in [-0.15, -0.1) is 12.4 Å². The number of nitrogens with two attached hydrogens (primary N) is 1. The molecule has 1 amide bonds. The first kappa shape index (κ1) is 19.9. The van der Waals surface area contributed by atoms with Crippen molar-refractivity contribution in [3.63, 3.8) is 0 Å². The second kappa shape index (κ2) is 9.02. The van der Waals surface area contributed by atoms with E-state index in [4.69, 9.17) is 17.3 Å². The lowest BCUT2D eigenvalue weighted by Crippen LogP contribution is -2.40. The van der Waals surface area contributed by atoms with Crippen LogP contribution in [0.2, 0.25) is 5.02 Å². The largest absolute Gasteiger partial charge is 0.433 e. The number of hydrogen-bond acceptors (Lipinski definition) is 3. The van der Waals surface area contributed by atoms with Gasteiger partial charge in [-0.2, -0.15) is 8.78 Å². The molecule has 2 atom stereocenters. The smallest absolute Gasteiger partial charge is 0.387 e. The first-order valence-electron chi connectivity index (χ1n) is 6.16. The van der Waals surface area contributed by atoms with Crippen molar-refractivity contribution in [2.45, 2.75) is 32.9 Å². The number of amides is 1. The third-order valence-electron chi connectivity index (χ3n) is 2.98. The van der Waals surface area contributed by atoms with Gasteiger partial charge >= 0.3 is 6.61 Å². The van der Waals surface area contributed by atoms with Crippen molar-refractivity contribution in [1.29, 1.82) is 0 Å². The van der Waals surface area contributed by atoms with Crippen LogP contribution in [0.25, 0.3) is 0 Å². The summed E-state index contributed by atoms with van der Waals surface area (Å²) in [5.41, 5.74) is 6.16. The highest BCUT2D eigenvalue weighted by molar-refractivity contribution is 6.32. The van der Waals surface area contributed by atoms with E-state index in [2.05, 4.69) is 10.1 Å². The molecule has 1 aromatic carbocycles. The number of anilines is 1. The summed E-state index contributed by atoms with van der Waals surface area (Å²) in [7, 11) is 0. The van der Waals surface area contributed by atoms with E-state index in [0.717, 1.165) is 6.42 Å². The number of ether oxygens (including phenoxy) is 1. The molecule has 1 rings (SSSR count). The van der Waals surface area contributed by atoms with Gasteiger partial charge in [0.05, 0.1) is 11.1 Å². The fourth-order valence-corrected chi connectivity index (χ4v) is 1.73. The molecule has 0 saturated carbocycles. The average Bonchev–Trinajstić information content (AvgIpc) is 2.39. The Bertz CT molecular complexity index is 475. The van der Waals surface area contributed by atoms with Crippen molar-refractivity contribution in [3.05, 3.63) is 23.2 Å². The van der Waals surface area contributed by atoms with Crippen LogP contribution in [0, 0.1) is 5.92 Å². The number of rotatable bonds is 6. The number of halogens is 4. The second-order valence-corrected chi connectivity index (χ2v) is 4.83. The van der Waals surface area contributed by atoms with Crippen molar-refractivity contribution in [2.75, 3.05) is 5.32 Å². The van der Waals surface area contributed by atoms with Crippen LogP contribution in [0.15, 0.2) is 18.2 Å². The van der Waals surface area contributed by atoms with Gasteiger partial charge < -0.3 is 15.8 Å². The maximum Gasteiger partial charge on any atom is 0.387 e. The highest BCUT2D eigenvalue weighted by atomic mass is 35.5. The predicted octanol–water partition coefficient (Wildman–Crippen LogP) is 3.68. The second-order valence-electron chi connectivity index (χ2n) is 4.42. The molecule has 120 valence electrons. The van der Waals surface area contributed by atoms with Gasteiger partial charge in [0.2, 0.25) is 5.91 Å². The molecule has 0 spiro atoms. The molecule has 0 aliphatic heterocycles. The Labute approximate surface area is 133 Å². The molecule has 3 N–H and O–H groups in total. The Morgan fingerprint density at radius 3 is 2.57 bits per heavy atom. The molecule has 2 unspecified atom stereocenters. The highest BCUT2D eigenvalue weighted by Crippen LogP contribution is 2.29. The van der Waals surface area contributed by atoms with E-state index in [1.165, 1.54) is 18.2 Å². The summed E-state index contributed by atoms with van der Waals surface area (Å²) >= 11 is 5.79. The lowest BCUT2D eigenvalue weighted by Gasteiger charge is -2.18. The number of nitrogens with one attached hydrogen (secondary N) is 1. The fourth-order valence-electron chi connectivity index (χ4n) is 1.51. The molecule has 0 bridgehead atoms. The minimum Gasteiger partial charge on any atom is -0.433 e. The van der Waals surface area contributed by atoms with E-state index in [-0.39, 0.29) is 35.0 Å². The molecule has 0 aliphatic carbocycles. The van der Waals surface area contributed by atoms with Gasteiger partial charge in [0.1, 0.15) is 5.75 Å². The topological polar surface area (TPSA) is 64.4 Å². The molecule has 8 heteroatoms. The van der Waals surface area contributed by atoms with E-state index in [1.54, 1.807) is 0 Å². The van der Waals surface area contributed by atoms with E-state index < -0.39 is 12.7 Å². The van der Waals surface area contributed by atoms with Crippen LogP contribution in [-0.4, -0.2) is 18.6 Å². The van der Waals surface area contributed by atoms with Crippen molar-refractivity contribution < 1.29 is 18.3 Å². The third kappa shape index (κ3) is 6.03. The number of alkyl halides is 2. The van der Waals surface area contributed by atoms with E-state index in [9.17, 15) is 13.6 Å². The van der Waals surface area contributed by atoms with Crippen molar-refractivity contribution in [2.24, 2.45) is 11.7 Å². The Balaban J connectivity index is 0.00000400. The van der Waals surface area contributed by atoms with Crippen LogP contribution in [-0.2, 0) is 4.79 Å². The Morgan fingerprint density at radius 1 is 1.48 bits per heavy atom. The predicted molar refractivity (Wildman–Crippen MR) is 81.4 cm³/mol. The number of hydrogen-bond donors (Lipinski definition) is 2. The molecular weight excluding hydrogens is 325 g/mol. The monoisotopic (exact) mass is 342 g/mol. The SMILES string of the molecule is CCC(C)C(N)C(=O)Nc1ccc(OC(F)F)c(Cl)c1.Cl. The molecule has 0 radical (unpaired) electrons. The van der Waals surface area contributed by atoms with E-state index in [1.807, 2.05) is 13.8 Å². The van der Waals surface area contributed by atoms with Crippen molar-refractivity contribution >= 4 is 35.6 Å². The molecule has 0 heterocycles. The summed E-state index contributed by atoms with van der Waals surface area (Å²) in [4.78, 5) is 11.9. The molecule has 0 fully saturated rings. The molecular formula is C13H18Cl2F2N2O2. The first-order valence-corrected chi connectivity index (χ1v) is 6.53. The maximum atomic E-state index is 12.1. The quantitative estimate of drug-likeness (QED) is 0.828. The van der Waals surface area contributed by atoms with Crippen LogP contribution in [0.1, 0.15) is 20.3 Å². The summed E-state index contributed by atoms with van der Waals surface area (Å²) in [6.45, 7) is 0.855. The molecule has 0 aliphatic rings. The van der Waals surface area contributed by atoms with Crippen LogP contribution >= 0.6 is 24.0 Å². The molecule has 0 saturated heterocycles. The van der Waals surface area contributed by atoms with Gasteiger partial charge in [-0.3, -0.25) is 4.79 Å². The van der Waals surface area contributed by atoms with Gasteiger partial charge in [0.15, 0.2) is 0 Å².